The van der Waals surface area contributed by atoms with Gasteiger partial charge in [-0.1, -0.05) is 6.07 Å². The molecule has 21 heavy (non-hydrogen) atoms. The van der Waals surface area contributed by atoms with Crippen LogP contribution in [0.5, 0.6) is 0 Å². The Morgan fingerprint density at radius 1 is 1.33 bits per heavy atom. The van der Waals surface area contributed by atoms with Crippen molar-refractivity contribution in [3.05, 3.63) is 24.3 Å². The molecule has 1 aliphatic heterocycles. The van der Waals surface area contributed by atoms with E-state index >= 15 is 0 Å². The Balaban J connectivity index is 2.12. The van der Waals surface area contributed by atoms with Crippen molar-refractivity contribution in [3.63, 3.8) is 0 Å². The van der Waals surface area contributed by atoms with Crippen LogP contribution in [0.25, 0.3) is 0 Å². The first kappa shape index (κ1) is 16.3. The molecule has 1 N–H and O–H groups in total. The molecule has 1 aliphatic rings. The van der Waals surface area contributed by atoms with E-state index in [1.165, 1.54) is 4.31 Å². The Morgan fingerprint density at radius 2 is 2.05 bits per heavy atom. The summed E-state index contributed by atoms with van der Waals surface area (Å²) in [5.41, 5.74) is 0.875. The van der Waals surface area contributed by atoms with Crippen LogP contribution in [0.2, 0.25) is 0 Å². The van der Waals surface area contributed by atoms with Gasteiger partial charge in [0.1, 0.15) is 0 Å². The van der Waals surface area contributed by atoms with Gasteiger partial charge in [0.15, 0.2) is 0 Å². The van der Waals surface area contributed by atoms with Gasteiger partial charge in [0.25, 0.3) is 0 Å². The van der Waals surface area contributed by atoms with Crippen molar-refractivity contribution < 1.29 is 8.42 Å². The van der Waals surface area contributed by atoms with Crippen LogP contribution in [0.3, 0.4) is 0 Å². The van der Waals surface area contributed by atoms with Crippen molar-refractivity contribution in [2.45, 2.75) is 36.7 Å². The molecule has 1 heterocycles. The maximum absolute atomic E-state index is 12.2. The van der Waals surface area contributed by atoms with Gasteiger partial charge in [-0.3, -0.25) is 0 Å². The molecule has 6 heteroatoms. The van der Waals surface area contributed by atoms with E-state index in [1.54, 1.807) is 32.3 Å². The number of nitrogens with zero attached hydrogens (tertiary/aromatic N) is 2. The molecule has 5 nitrogen and oxygen atoms in total. The first-order valence-electron chi connectivity index (χ1n) is 7.30. The predicted octanol–water partition coefficient (Wildman–Crippen LogP) is 1.83. The summed E-state index contributed by atoms with van der Waals surface area (Å²) in [6.07, 6.45) is 2.15. The fraction of sp³-hybridized carbons (Fsp3) is 0.600. The molecule has 0 bridgehead atoms. The van der Waals surface area contributed by atoms with E-state index in [2.05, 4.69) is 24.2 Å². The second kappa shape index (κ2) is 6.34. The van der Waals surface area contributed by atoms with Crippen LogP contribution in [-0.4, -0.2) is 57.4 Å². The maximum Gasteiger partial charge on any atom is 0.242 e. The van der Waals surface area contributed by atoms with Crippen LogP contribution < -0.4 is 5.32 Å². The molecule has 0 aromatic heterocycles. The van der Waals surface area contributed by atoms with Gasteiger partial charge in [-0.25, -0.2) is 12.7 Å². The lowest BCUT2D eigenvalue weighted by molar-refractivity contribution is 0.190. The fourth-order valence-electron chi connectivity index (χ4n) is 2.61. The van der Waals surface area contributed by atoms with Gasteiger partial charge in [0.05, 0.1) is 4.90 Å². The number of nitrogens with one attached hydrogen (secondary N) is 1. The van der Waals surface area contributed by atoms with Crippen LogP contribution in [0, 0.1) is 0 Å². The van der Waals surface area contributed by atoms with Crippen molar-refractivity contribution in [1.29, 1.82) is 0 Å². The zero-order valence-electron chi connectivity index (χ0n) is 13.2. The molecule has 0 spiro atoms. The standard InChI is InChI=1S/C15H25N3O2S/c1-12-10-14(8-9-18(12)4)16-13-6-5-7-15(11-13)21(19,20)17(2)3/h5-7,11-12,14,16H,8-10H2,1-4H3. The van der Waals surface area contributed by atoms with E-state index in [0.29, 0.717) is 17.0 Å². The molecule has 1 aromatic rings. The Hall–Kier alpha value is -1.11. The van der Waals surface area contributed by atoms with Crippen LogP contribution in [-0.2, 0) is 10.0 Å². The lowest BCUT2D eigenvalue weighted by Crippen LogP contribution is -2.42. The molecule has 0 radical (unpaired) electrons. The van der Waals surface area contributed by atoms with E-state index < -0.39 is 10.0 Å². The molecule has 2 unspecified atom stereocenters. The second-order valence-corrected chi connectivity index (χ2v) is 8.16. The molecular formula is C15H25N3O2S. The highest BCUT2D eigenvalue weighted by atomic mass is 32.2. The summed E-state index contributed by atoms with van der Waals surface area (Å²) in [5.74, 6) is 0. The molecule has 0 saturated carbocycles. The summed E-state index contributed by atoms with van der Waals surface area (Å²) in [4.78, 5) is 2.68. The highest BCUT2D eigenvalue weighted by Gasteiger charge is 2.23. The van der Waals surface area contributed by atoms with Crippen molar-refractivity contribution in [2.75, 3.05) is 33.0 Å². The summed E-state index contributed by atoms with van der Waals surface area (Å²) >= 11 is 0. The number of hydrogen-bond donors (Lipinski definition) is 1. The van der Waals surface area contributed by atoms with E-state index in [-0.39, 0.29) is 0 Å². The fourth-order valence-corrected chi connectivity index (χ4v) is 3.56. The zero-order valence-corrected chi connectivity index (χ0v) is 14.0. The molecule has 118 valence electrons. The van der Waals surface area contributed by atoms with Gasteiger partial charge in [-0.05, 0) is 45.0 Å². The normalized spacial score (nSPS) is 24.2. The van der Waals surface area contributed by atoms with Crippen LogP contribution in [0.4, 0.5) is 5.69 Å². The number of piperidine rings is 1. The minimum Gasteiger partial charge on any atom is -0.382 e. The van der Waals surface area contributed by atoms with Crippen LogP contribution in [0.1, 0.15) is 19.8 Å². The van der Waals surface area contributed by atoms with Crippen LogP contribution in [0.15, 0.2) is 29.2 Å². The first-order valence-corrected chi connectivity index (χ1v) is 8.74. The summed E-state index contributed by atoms with van der Waals surface area (Å²) in [5, 5.41) is 3.47. The Morgan fingerprint density at radius 3 is 2.67 bits per heavy atom. The van der Waals surface area contributed by atoms with E-state index in [1.807, 2.05) is 6.07 Å². The summed E-state index contributed by atoms with van der Waals surface area (Å²) < 4.78 is 25.6. The summed E-state index contributed by atoms with van der Waals surface area (Å²) in [6, 6.07) is 8.02. The Labute approximate surface area is 128 Å². The van der Waals surface area contributed by atoms with Crippen molar-refractivity contribution in [2.24, 2.45) is 0 Å². The van der Waals surface area contributed by atoms with Gasteiger partial charge in [0.2, 0.25) is 10.0 Å². The molecule has 0 aliphatic carbocycles. The third-order valence-electron chi connectivity index (χ3n) is 4.19. The third kappa shape index (κ3) is 3.75. The lowest BCUT2D eigenvalue weighted by Gasteiger charge is -2.35. The van der Waals surface area contributed by atoms with E-state index in [4.69, 9.17) is 0 Å². The third-order valence-corrected chi connectivity index (χ3v) is 6.00. The van der Waals surface area contributed by atoms with Gasteiger partial charge >= 0.3 is 0 Å². The van der Waals surface area contributed by atoms with Crippen molar-refractivity contribution in [3.8, 4) is 0 Å². The monoisotopic (exact) mass is 311 g/mol. The second-order valence-electron chi connectivity index (χ2n) is 6.01. The number of hydrogen-bond acceptors (Lipinski definition) is 4. The highest BCUT2D eigenvalue weighted by Crippen LogP contribution is 2.22. The minimum absolute atomic E-state index is 0.332. The van der Waals surface area contributed by atoms with Crippen molar-refractivity contribution in [1.82, 2.24) is 9.21 Å². The van der Waals surface area contributed by atoms with Gasteiger partial charge < -0.3 is 10.2 Å². The zero-order chi connectivity index (χ0) is 15.6. The molecule has 1 fully saturated rings. The predicted molar refractivity (Wildman–Crippen MR) is 86.1 cm³/mol. The number of benzene rings is 1. The quantitative estimate of drug-likeness (QED) is 0.922. The van der Waals surface area contributed by atoms with Gasteiger partial charge in [0, 0.05) is 38.4 Å². The van der Waals surface area contributed by atoms with E-state index in [0.717, 1.165) is 25.1 Å². The highest BCUT2D eigenvalue weighted by molar-refractivity contribution is 7.89. The largest absolute Gasteiger partial charge is 0.382 e. The maximum atomic E-state index is 12.2. The van der Waals surface area contributed by atoms with Gasteiger partial charge in [-0.15, -0.1) is 0 Å². The average molecular weight is 311 g/mol. The molecular weight excluding hydrogens is 286 g/mol. The summed E-state index contributed by atoms with van der Waals surface area (Å²) in [7, 11) is 1.87. The van der Waals surface area contributed by atoms with Crippen molar-refractivity contribution >= 4 is 15.7 Å². The molecule has 2 rings (SSSR count). The number of sulfonamides is 1. The number of anilines is 1. The SMILES string of the molecule is CC1CC(Nc2cccc(S(=O)(=O)N(C)C)c2)CCN1C. The van der Waals surface area contributed by atoms with Gasteiger partial charge in [-0.2, -0.15) is 0 Å². The molecule has 0 amide bonds. The number of likely N-dealkylation sites (tertiary alicyclic amines) is 1. The lowest BCUT2D eigenvalue weighted by atomic mass is 9.99. The minimum atomic E-state index is -3.37. The molecule has 2 atom stereocenters. The van der Waals surface area contributed by atoms with E-state index in [9.17, 15) is 8.42 Å². The average Bonchev–Trinajstić information content (AvgIpc) is 2.43. The smallest absolute Gasteiger partial charge is 0.242 e. The first-order chi connectivity index (χ1) is 9.80. The molecule has 1 aromatic carbocycles. The Bertz CT molecular complexity index is 586. The van der Waals surface area contributed by atoms with Crippen LogP contribution >= 0.6 is 0 Å². The topological polar surface area (TPSA) is 52.7 Å². The number of rotatable bonds is 4. The Kier molecular flexibility index (Phi) is 4.91. The molecule has 1 saturated heterocycles. The summed E-state index contributed by atoms with van der Waals surface area (Å²) in [6.45, 7) is 3.29.